The second kappa shape index (κ2) is 13.3. The Kier molecular flexibility index (Phi) is 10.1. The first-order chi connectivity index (χ1) is 19.0. The van der Waals surface area contributed by atoms with Gasteiger partial charge in [0, 0.05) is 48.9 Å². The lowest BCUT2D eigenvalue weighted by atomic mass is 9.90. The van der Waals surface area contributed by atoms with E-state index in [1.165, 1.54) is 31.3 Å². The number of rotatable bonds is 11. The third kappa shape index (κ3) is 7.73. The van der Waals surface area contributed by atoms with Gasteiger partial charge in [-0.25, -0.2) is 9.38 Å². The average molecular weight is 565 g/mol. The number of amides is 1. The number of aldehydes is 1. The van der Waals surface area contributed by atoms with Gasteiger partial charge in [0.2, 0.25) is 5.91 Å². The number of nitrogens with one attached hydrogen (secondary N) is 1. The van der Waals surface area contributed by atoms with Crippen LogP contribution in [-0.4, -0.2) is 50.8 Å². The van der Waals surface area contributed by atoms with E-state index in [2.05, 4.69) is 15.0 Å². The predicted octanol–water partition coefficient (Wildman–Crippen LogP) is 4.81. The van der Waals surface area contributed by atoms with E-state index in [-0.39, 0.29) is 42.1 Å². The molecule has 40 heavy (non-hydrogen) atoms. The zero-order valence-electron chi connectivity index (χ0n) is 22.4. The number of halogens is 4. The van der Waals surface area contributed by atoms with E-state index in [0.717, 1.165) is 0 Å². The minimum atomic E-state index is -4.79. The van der Waals surface area contributed by atoms with Gasteiger partial charge in [-0.1, -0.05) is 13.0 Å². The maximum absolute atomic E-state index is 15.3. The molecule has 1 atom stereocenters. The van der Waals surface area contributed by atoms with Gasteiger partial charge in [0.1, 0.15) is 23.6 Å². The van der Waals surface area contributed by atoms with Gasteiger partial charge >= 0.3 is 6.36 Å². The topological polar surface area (TPSA) is 106 Å². The summed E-state index contributed by atoms with van der Waals surface area (Å²) in [6.45, 7) is 4.40. The highest BCUT2D eigenvalue weighted by molar-refractivity contribution is 5.84. The summed E-state index contributed by atoms with van der Waals surface area (Å²) in [6, 6.07) is 8.20. The van der Waals surface area contributed by atoms with Crippen molar-refractivity contribution in [2.24, 2.45) is 10.7 Å². The van der Waals surface area contributed by atoms with Gasteiger partial charge in [0.05, 0.1) is 12.0 Å². The summed E-state index contributed by atoms with van der Waals surface area (Å²) in [5.41, 5.74) is 7.79. The van der Waals surface area contributed by atoms with Crippen molar-refractivity contribution in [3.8, 4) is 5.75 Å². The monoisotopic (exact) mass is 564 g/mol. The third-order valence-electron chi connectivity index (χ3n) is 6.39. The van der Waals surface area contributed by atoms with Crippen molar-refractivity contribution in [2.45, 2.75) is 51.4 Å². The molecule has 2 aromatic carbocycles. The van der Waals surface area contributed by atoms with Crippen molar-refractivity contribution in [3.05, 3.63) is 65.0 Å². The van der Waals surface area contributed by atoms with Crippen LogP contribution in [-0.2, 0) is 14.3 Å². The number of likely N-dealkylation sites (N-methyl/N-ethyl adjacent to an activating group) is 1. The maximum atomic E-state index is 15.3. The molecule has 1 aliphatic heterocycles. The molecule has 0 spiro atoms. The number of amidine groups is 1. The zero-order valence-corrected chi connectivity index (χ0v) is 22.4. The summed E-state index contributed by atoms with van der Waals surface area (Å²) in [6.07, 6.45) is -1.43. The Balaban J connectivity index is 1.66. The molecule has 1 saturated heterocycles. The number of carbonyl (C=O) groups is 2. The number of carbonyl (C=O) groups excluding carboxylic acids is 2. The first-order valence-electron chi connectivity index (χ1n) is 12.7. The number of anilines is 1. The molecule has 0 radical (unpaired) electrons. The predicted molar refractivity (Wildman–Crippen MR) is 143 cm³/mol. The van der Waals surface area contributed by atoms with Crippen LogP contribution in [0.25, 0.3) is 5.76 Å². The number of aliphatic imine (C=N–C) groups is 1. The normalized spacial score (nSPS) is 15.3. The Labute approximate surface area is 229 Å². The molecule has 1 amide bonds. The summed E-state index contributed by atoms with van der Waals surface area (Å²) in [4.78, 5) is 29.4. The van der Waals surface area contributed by atoms with Crippen LogP contribution in [0, 0.1) is 12.7 Å². The molecule has 0 aliphatic carbocycles. The first-order valence-corrected chi connectivity index (χ1v) is 12.7. The Morgan fingerprint density at radius 2 is 1.90 bits per heavy atom. The van der Waals surface area contributed by atoms with Crippen LogP contribution >= 0.6 is 0 Å². The molecular weight excluding hydrogens is 532 g/mol. The molecule has 2 aromatic rings. The van der Waals surface area contributed by atoms with Gasteiger partial charge in [-0.15, -0.1) is 13.2 Å². The summed E-state index contributed by atoms with van der Waals surface area (Å²) in [7, 11) is 1.47. The first kappa shape index (κ1) is 30.5. The van der Waals surface area contributed by atoms with Gasteiger partial charge in [-0.05, 0) is 56.2 Å². The highest BCUT2D eigenvalue weighted by Gasteiger charge is 2.32. The molecule has 1 heterocycles. The van der Waals surface area contributed by atoms with Crippen LogP contribution in [0.2, 0.25) is 0 Å². The Morgan fingerprint density at radius 3 is 2.48 bits per heavy atom. The van der Waals surface area contributed by atoms with Crippen LogP contribution in [0.1, 0.15) is 48.8 Å². The lowest BCUT2D eigenvalue weighted by Gasteiger charge is -2.40. The SMILES string of the molecule is CC/C=C(/OC(N)=NC1CN(c2ccc(C(CCC=O)C(=O)NC)c(F)c2C)C1)c1ccc(OC(F)(F)F)cc1. The number of alkyl halides is 3. The van der Waals surface area contributed by atoms with Crippen LogP contribution < -0.4 is 20.7 Å². The molecule has 1 aliphatic rings. The smallest absolute Gasteiger partial charge is 0.426 e. The standard InChI is InChI=1S/C28H32F4N4O4/c1-4-6-24(18-8-10-20(11-9-18)40-28(30,31)32)39-27(33)35-19-15-36(16-19)23-13-12-21(25(29)17(23)2)22(7-5-14-37)26(38)34-3/h6,8-14,19,22H,4-5,7,15-16H2,1-3H3,(H2,33,35)(H,34,38)/b24-6+. The van der Waals surface area contributed by atoms with Crippen LogP contribution in [0.3, 0.4) is 0 Å². The fraction of sp³-hybridized carbons (Fsp3) is 0.393. The van der Waals surface area contributed by atoms with E-state index in [4.69, 9.17) is 10.5 Å². The van der Waals surface area contributed by atoms with Crippen molar-refractivity contribution in [1.82, 2.24) is 5.32 Å². The molecule has 3 N–H and O–H groups in total. The number of nitrogens with two attached hydrogens (primary N) is 1. The van der Waals surface area contributed by atoms with E-state index in [1.54, 1.807) is 25.1 Å². The molecule has 3 rings (SSSR count). The zero-order chi connectivity index (χ0) is 29.4. The molecular formula is C28H32F4N4O4. The highest BCUT2D eigenvalue weighted by atomic mass is 19.4. The number of ether oxygens (including phenoxy) is 2. The molecule has 1 unspecified atom stereocenters. The van der Waals surface area contributed by atoms with Gasteiger partial charge in [-0.3, -0.25) is 4.79 Å². The van der Waals surface area contributed by atoms with E-state index in [9.17, 15) is 22.8 Å². The minimum Gasteiger partial charge on any atom is -0.426 e. The molecule has 0 aromatic heterocycles. The lowest BCUT2D eigenvalue weighted by Crippen LogP contribution is -2.51. The van der Waals surface area contributed by atoms with E-state index in [0.29, 0.717) is 48.4 Å². The van der Waals surface area contributed by atoms with Crippen molar-refractivity contribution >= 4 is 29.7 Å². The molecule has 0 saturated carbocycles. The molecule has 1 fully saturated rings. The second-order valence-corrected chi connectivity index (χ2v) is 9.20. The molecule has 12 heteroatoms. The summed E-state index contributed by atoms with van der Waals surface area (Å²) < 4.78 is 62.2. The largest absolute Gasteiger partial charge is 0.573 e. The number of allylic oxidation sites excluding steroid dienone is 1. The van der Waals surface area contributed by atoms with Crippen molar-refractivity contribution in [2.75, 3.05) is 25.0 Å². The van der Waals surface area contributed by atoms with Crippen molar-refractivity contribution in [3.63, 3.8) is 0 Å². The molecule has 216 valence electrons. The minimum absolute atomic E-state index is 0.109. The van der Waals surface area contributed by atoms with Crippen LogP contribution in [0.15, 0.2) is 47.5 Å². The van der Waals surface area contributed by atoms with Crippen molar-refractivity contribution < 1.29 is 36.6 Å². The van der Waals surface area contributed by atoms with E-state index in [1.807, 2.05) is 11.8 Å². The molecule has 8 nitrogen and oxygen atoms in total. The average Bonchev–Trinajstić information content (AvgIpc) is 2.88. The van der Waals surface area contributed by atoms with E-state index < -0.39 is 18.1 Å². The number of benzene rings is 2. The fourth-order valence-electron chi connectivity index (χ4n) is 4.42. The Bertz CT molecular complexity index is 1260. The fourth-order valence-corrected chi connectivity index (χ4v) is 4.42. The number of hydrogen-bond donors (Lipinski definition) is 2. The number of nitrogens with zero attached hydrogens (tertiary/aromatic N) is 2. The summed E-state index contributed by atoms with van der Waals surface area (Å²) in [5, 5.41) is 2.52. The van der Waals surface area contributed by atoms with Gasteiger partial charge in [0.15, 0.2) is 0 Å². The summed E-state index contributed by atoms with van der Waals surface area (Å²) >= 11 is 0. The third-order valence-corrected chi connectivity index (χ3v) is 6.39. The molecule has 0 bridgehead atoms. The van der Waals surface area contributed by atoms with Gasteiger partial charge in [-0.2, -0.15) is 0 Å². The Hall–Kier alpha value is -4.09. The van der Waals surface area contributed by atoms with Crippen LogP contribution in [0.5, 0.6) is 5.75 Å². The second-order valence-electron chi connectivity index (χ2n) is 9.20. The van der Waals surface area contributed by atoms with E-state index >= 15 is 4.39 Å². The quantitative estimate of drug-likeness (QED) is 0.133. The van der Waals surface area contributed by atoms with Crippen LogP contribution in [0.4, 0.5) is 23.2 Å². The Morgan fingerprint density at radius 1 is 1.23 bits per heavy atom. The highest BCUT2D eigenvalue weighted by Crippen LogP contribution is 2.34. The van der Waals surface area contributed by atoms with Crippen molar-refractivity contribution in [1.29, 1.82) is 0 Å². The van der Waals surface area contributed by atoms with Gasteiger partial charge in [0.25, 0.3) is 6.02 Å². The number of hydrogen-bond acceptors (Lipinski definition) is 6. The van der Waals surface area contributed by atoms with Gasteiger partial charge < -0.3 is 30.2 Å². The lowest BCUT2D eigenvalue weighted by molar-refractivity contribution is -0.274. The summed E-state index contributed by atoms with van der Waals surface area (Å²) in [5.74, 6) is -1.63. The maximum Gasteiger partial charge on any atom is 0.573 e.